The number of esters is 1. The van der Waals surface area contributed by atoms with E-state index in [2.05, 4.69) is 20.0 Å². The van der Waals surface area contributed by atoms with E-state index in [1.165, 1.54) is 19.4 Å². The van der Waals surface area contributed by atoms with E-state index in [0.717, 1.165) is 0 Å². The number of amides is 1. The van der Waals surface area contributed by atoms with Gasteiger partial charge in [0.2, 0.25) is 0 Å². The molecule has 7 nitrogen and oxygen atoms in total. The van der Waals surface area contributed by atoms with Gasteiger partial charge in [-0.1, -0.05) is 19.9 Å². The molecule has 1 amide bonds. The summed E-state index contributed by atoms with van der Waals surface area (Å²) in [5.41, 5.74) is -0.423. The summed E-state index contributed by atoms with van der Waals surface area (Å²) in [7, 11) is 1.33. The van der Waals surface area contributed by atoms with E-state index in [0.29, 0.717) is 24.4 Å². The van der Waals surface area contributed by atoms with Crippen LogP contribution < -0.4 is 5.32 Å². The van der Waals surface area contributed by atoms with Crippen molar-refractivity contribution in [2.24, 2.45) is 0 Å². The molecule has 0 aliphatic heterocycles. The Morgan fingerprint density at radius 1 is 1.20 bits per heavy atom. The lowest BCUT2D eigenvalue weighted by Gasteiger charge is -2.27. The van der Waals surface area contributed by atoms with Crippen LogP contribution in [-0.4, -0.2) is 34.7 Å². The number of carbonyl (C=O) groups is 2. The summed E-state index contributed by atoms with van der Waals surface area (Å²) in [6, 6.07) is 0. The smallest absolute Gasteiger partial charge is 0.413 e. The maximum atomic E-state index is 11.9. The van der Waals surface area contributed by atoms with Gasteiger partial charge in [0.25, 0.3) is 0 Å². The maximum Gasteiger partial charge on any atom is 0.413 e. The van der Waals surface area contributed by atoms with Gasteiger partial charge in [-0.05, 0) is 33.6 Å². The lowest BCUT2D eigenvalue weighted by atomic mass is 9.79. The summed E-state index contributed by atoms with van der Waals surface area (Å²) in [5, 5.41) is 2.58. The summed E-state index contributed by atoms with van der Waals surface area (Å²) in [5.74, 6) is -0.133. The van der Waals surface area contributed by atoms with Crippen LogP contribution in [0, 0.1) is 0 Å². The fourth-order valence-corrected chi connectivity index (χ4v) is 2.30. The monoisotopic (exact) mass is 349 g/mol. The zero-order valence-corrected chi connectivity index (χ0v) is 15.8. The fourth-order valence-electron chi connectivity index (χ4n) is 2.30. The molecule has 0 saturated heterocycles. The van der Waals surface area contributed by atoms with Gasteiger partial charge < -0.3 is 9.47 Å². The molecule has 1 aromatic rings. The molecule has 0 aromatic carbocycles. The number of rotatable bonds is 6. The maximum absolute atomic E-state index is 11.9. The van der Waals surface area contributed by atoms with E-state index in [1.54, 1.807) is 33.0 Å². The summed E-state index contributed by atoms with van der Waals surface area (Å²) in [6.07, 6.45) is 7.08. The van der Waals surface area contributed by atoms with Gasteiger partial charge in [0.15, 0.2) is 5.82 Å². The molecule has 1 aromatic heterocycles. The van der Waals surface area contributed by atoms with E-state index in [4.69, 9.17) is 4.74 Å². The number of allylic oxidation sites excluding steroid dienone is 1. The summed E-state index contributed by atoms with van der Waals surface area (Å²) >= 11 is 0. The lowest BCUT2D eigenvalue weighted by molar-refractivity contribution is -0.134. The summed E-state index contributed by atoms with van der Waals surface area (Å²) in [6.45, 7) is 9.35. The molecule has 0 fully saturated rings. The molecule has 0 atom stereocenters. The zero-order valence-electron chi connectivity index (χ0n) is 15.8. The van der Waals surface area contributed by atoms with E-state index < -0.39 is 23.1 Å². The molecule has 138 valence electrons. The highest BCUT2D eigenvalue weighted by Gasteiger charge is 2.28. The average molecular weight is 349 g/mol. The number of nitrogens with one attached hydrogen (secondary N) is 1. The van der Waals surface area contributed by atoms with E-state index >= 15 is 0 Å². The molecule has 0 radical (unpaired) electrons. The Bertz CT molecular complexity index is 631. The number of ether oxygens (including phenoxy) is 2. The molecule has 0 unspecified atom stereocenters. The van der Waals surface area contributed by atoms with Crippen LogP contribution in [0.2, 0.25) is 0 Å². The largest absolute Gasteiger partial charge is 0.466 e. The minimum Gasteiger partial charge on any atom is -0.466 e. The van der Waals surface area contributed by atoms with Crippen LogP contribution in [0.4, 0.5) is 10.6 Å². The third-order valence-corrected chi connectivity index (χ3v) is 3.78. The molecule has 0 spiro atoms. The molecule has 0 saturated carbocycles. The SMILES string of the molecule is CCC(/C=C/C(=O)OC)(CC)c1cncc(NC(=O)OC(C)(C)C)n1. The Labute approximate surface area is 148 Å². The Morgan fingerprint density at radius 3 is 2.36 bits per heavy atom. The van der Waals surface area contributed by atoms with E-state index in [-0.39, 0.29) is 0 Å². The minimum atomic E-state index is -0.602. The van der Waals surface area contributed by atoms with Gasteiger partial charge in [-0.15, -0.1) is 0 Å². The zero-order chi connectivity index (χ0) is 19.1. The molecule has 0 aliphatic carbocycles. The number of hydrogen-bond donors (Lipinski definition) is 1. The van der Waals surface area contributed by atoms with Gasteiger partial charge >= 0.3 is 12.1 Å². The van der Waals surface area contributed by atoms with Crippen LogP contribution in [-0.2, 0) is 19.7 Å². The van der Waals surface area contributed by atoms with Crippen LogP contribution in [0.15, 0.2) is 24.5 Å². The van der Waals surface area contributed by atoms with E-state index in [1.807, 2.05) is 13.8 Å². The molecule has 1 rings (SSSR count). The second kappa shape index (κ2) is 8.60. The number of hydrogen-bond acceptors (Lipinski definition) is 6. The third-order valence-electron chi connectivity index (χ3n) is 3.78. The Hall–Kier alpha value is -2.44. The van der Waals surface area contributed by atoms with Gasteiger partial charge in [-0.25, -0.2) is 14.6 Å². The quantitative estimate of drug-likeness (QED) is 0.623. The Morgan fingerprint density at radius 2 is 1.84 bits per heavy atom. The standard InChI is InChI=1S/C18H27N3O4/c1-7-18(8-2,10-9-15(22)24-6)13-11-19-12-14(20-13)21-16(23)25-17(3,4)5/h9-12H,7-8H2,1-6H3,(H,20,21,23)/b10-9+. The molecule has 1 N–H and O–H groups in total. The molecule has 25 heavy (non-hydrogen) atoms. The topological polar surface area (TPSA) is 90.4 Å². The summed E-state index contributed by atoms with van der Waals surface area (Å²) in [4.78, 5) is 32.0. The van der Waals surface area contributed by atoms with Crippen LogP contribution in [0.5, 0.6) is 0 Å². The molecule has 0 aliphatic rings. The molecule has 7 heteroatoms. The number of carbonyl (C=O) groups excluding carboxylic acids is 2. The highest BCUT2D eigenvalue weighted by Crippen LogP contribution is 2.32. The van der Waals surface area contributed by atoms with Crippen molar-refractivity contribution in [3.05, 3.63) is 30.2 Å². The Kier molecular flexibility index (Phi) is 7.09. The normalized spacial score (nSPS) is 12.1. The van der Waals surface area contributed by atoms with Crippen LogP contribution in [0.25, 0.3) is 0 Å². The van der Waals surface area contributed by atoms with Crippen molar-refractivity contribution in [2.45, 2.75) is 58.5 Å². The number of aromatic nitrogens is 2. The first-order valence-corrected chi connectivity index (χ1v) is 8.25. The highest BCUT2D eigenvalue weighted by atomic mass is 16.6. The molecule has 0 bridgehead atoms. The second-order valence-electron chi connectivity index (χ2n) is 6.64. The first-order chi connectivity index (χ1) is 11.7. The van der Waals surface area contributed by atoms with Crippen LogP contribution in [0.1, 0.15) is 53.2 Å². The third kappa shape index (κ3) is 6.17. The van der Waals surface area contributed by atoms with Crippen LogP contribution in [0.3, 0.4) is 0 Å². The lowest BCUT2D eigenvalue weighted by Crippen LogP contribution is -2.28. The summed E-state index contributed by atoms with van der Waals surface area (Å²) < 4.78 is 9.88. The fraction of sp³-hybridized carbons (Fsp3) is 0.556. The molecule has 1 heterocycles. The first kappa shape index (κ1) is 20.6. The predicted octanol–water partition coefficient (Wildman–Crippen LogP) is 3.61. The average Bonchev–Trinajstić information content (AvgIpc) is 2.54. The van der Waals surface area contributed by atoms with Crippen molar-refractivity contribution >= 4 is 17.9 Å². The van der Waals surface area contributed by atoms with Gasteiger partial charge in [0, 0.05) is 17.7 Å². The first-order valence-electron chi connectivity index (χ1n) is 8.25. The highest BCUT2D eigenvalue weighted by molar-refractivity contribution is 5.83. The number of anilines is 1. The van der Waals surface area contributed by atoms with E-state index in [9.17, 15) is 9.59 Å². The second-order valence-corrected chi connectivity index (χ2v) is 6.64. The molecular formula is C18H27N3O4. The van der Waals surface area contributed by atoms with Crippen molar-refractivity contribution in [3.63, 3.8) is 0 Å². The Balaban J connectivity index is 3.08. The van der Waals surface area contributed by atoms with Gasteiger partial charge in [-0.3, -0.25) is 10.3 Å². The predicted molar refractivity (Wildman–Crippen MR) is 95.3 cm³/mol. The van der Waals surface area contributed by atoms with Crippen molar-refractivity contribution in [1.29, 1.82) is 0 Å². The van der Waals surface area contributed by atoms with Crippen molar-refractivity contribution in [3.8, 4) is 0 Å². The minimum absolute atomic E-state index is 0.296. The van der Waals surface area contributed by atoms with Crippen molar-refractivity contribution in [1.82, 2.24) is 9.97 Å². The van der Waals surface area contributed by atoms with Crippen LogP contribution >= 0.6 is 0 Å². The van der Waals surface area contributed by atoms with Crippen molar-refractivity contribution < 1.29 is 19.1 Å². The number of nitrogens with zero attached hydrogens (tertiary/aromatic N) is 2. The van der Waals surface area contributed by atoms with Gasteiger partial charge in [0.05, 0.1) is 19.0 Å². The molecular weight excluding hydrogens is 322 g/mol. The van der Waals surface area contributed by atoms with Gasteiger partial charge in [0.1, 0.15) is 5.60 Å². The van der Waals surface area contributed by atoms with Crippen molar-refractivity contribution in [2.75, 3.05) is 12.4 Å². The number of methoxy groups -OCH3 is 1. The van der Waals surface area contributed by atoms with Gasteiger partial charge in [-0.2, -0.15) is 0 Å².